The van der Waals surface area contributed by atoms with Crippen LogP contribution >= 0.6 is 0 Å². The van der Waals surface area contributed by atoms with E-state index < -0.39 is 0 Å². The zero-order chi connectivity index (χ0) is 21.7. The Morgan fingerprint density at radius 1 is 1.07 bits per heavy atom. The summed E-state index contributed by atoms with van der Waals surface area (Å²) in [5, 5.41) is 0. The number of ether oxygens (including phenoxy) is 1. The Kier molecular flexibility index (Phi) is 7.05. The van der Waals surface area contributed by atoms with Gasteiger partial charge in [0.15, 0.2) is 0 Å². The average Bonchev–Trinajstić information content (AvgIpc) is 2.76. The van der Waals surface area contributed by atoms with Gasteiger partial charge in [0.2, 0.25) is 5.91 Å². The minimum absolute atomic E-state index is 0.0335. The molecule has 0 aliphatic carbocycles. The Morgan fingerprint density at radius 2 is 1.73 bits per heavy atom. The molecule has 0 N–H and O–H groups in total. The van der Waals surface area contributed by atoms with Crippen LogP contribution in [0.5, 0.6) is 5.75 Å². The second kappa shape index (κ2) is 9.71. The molecule has 1 heterocycles. The maximum atomic E-state index is 13.8. The first kappa shape index (κ1) is 21.8. The quantitative estimate of drug-likeness (QED) is 0.731. The molecule has 0 spiro atoms. The van der Waals surface area contributed by atoms with Gasteiger partial charge in [0, 0.05) is 45.3 Å². The smallest absolute Gasteiger partial charge is 0.254 e. The van der Waals surface area contributed by atoms with E-state index in [0.717, 1.165) is 11.3 Å². The van der Waals surface area contributed by atoms with Crippen LogP contribution in [0.15, 0.2) is 42.5 Å². The normalized spacial score (nSPS) is 14.5. The lowest BCUT2D eigenvalue weighted by atomic mass is 10.1. The third-order valence-corrected chi connectivity index (χ3v) is 5.44. The van der Waals surface area contributed by atoms with Crippen LogP contribution < -0.4 is 4.74 Å². The zero-order valence-electron chi connectivity index (χ0n) is 17.7. The molecule has 2 aromatic rings. The van der Waals surface area contributed by atoms with Gasteiger partial charge in [-0.25, -0.2) is 4.39 Å². The fourth-order valence-electron chi connectivity index (χ4n) is 3.42. The summed E-state index contributed by atoms with van der Waals surface area (Å²) in [6.45, 7) is 4.77. The van der Waals surface area contributed by atoms with Crippen LogP contribution in [-0.2, 0) is 11.3 Å². The van der Waals surface area contributed by atoms with Crippen molar-refractivity contribution in [2.75, 3.05) is 46.9 Å². The number of amides is 2. The Balaban J connectivity index is 1.47. The molecule has 7 heteroatoms. The largest absolute Gasteiger partial charge is 0.497 e. The predicted molar refractivity (Wildman–Crippen MR) is 113 cm³/mol. The van der Waals surface area contributed by atoms with Crippen molar-refractivity contribution in [3.8, 4) is 5.75 Å². The SMILES string of the molecule is COc1ccc(CN(C)C(=O)CN2CCN(C(=O)c3ccc(C)c(F)c3)CC2)cc1. The summed E-state index contributed by atoms with van der Waals surface area (Å²) in [6, 6.07) is 12.2. The van der Waals surface area contributed by atoms with Gasteiger partial charge >= 0.3 is 0 Å². The molecule has 6 nitrogen and oxygen atoms in total. The van der Waals surface area contributed by atoms with E-state index in [9.17, 15) is 14.0 Å². The Bertz CT molecular complexity index is 893. The monoisotopic (exact) mass is 413 g/mol. The molecule has 0 radical (unpaired) electrons. The van der Waals surface area contributed by atoms with Crippen LogP contribution in [0.1, 0.15) is 21.5 Å². The van der Waals surface area contributed by atoms with Gasteiger partial charge in [0.1, 0.15) is 11.6 Å². The fourth-order valence-corrected chi connectivity index (χ4v) is 3.42. The van der Waals surface area contributed by atoms with Crippen LogP contribution in [0, 0.1) is 12.7 Å². The van der Waals surface area contributed by atoms with Gasteiger partial charge in [-0.15, -0.1) is 0 Å². The van der Waals surface area contributed by atoms with Gasteiger partial charge in [-0.2, -0.15) is 0 Å². The van der Waals surface area contributed by atoms with Gasteiger partial charge in [-0.1, -0.05) is 18.2 Å². The number of piperazine rings is 1. The average molecular weight is 413 g/mol. The van der Waals surface area contributed by atoms with Crippen LogP contribution in [0.4, 0.5) is 4.39 Å². The number of carbonyl (C=O) groups excluding carboxylic acids is 2. The number of nitrogens with zero attached hydrogens (tertiary/aromatic N) is 3. The Labute approximate surface area is 176 Å². The molecule has 2 amide bonds. The van der Waals surface area contributed by atoms with E-state index in [1.165, 1.54) is 6.07 Å². The molecule has 2 aromatic carbocycles. The summed E-state index contributed by atoms with van der Waals surface area (Å²) >= 11 is 0. The van der Waals surface area contributed by atoms with Crippen molar-refractivity contribution < 1.29 is 18.7 Å². The first-order valence-electron chi connectivity index (χ1n) is 10.0. The lowest BCUT2D eigenvalue weighted by Gasteiger charge is -2.35. The first-order valence-corrected chi connectivity index (χ1v) is 10.0. The fraction of sp³-hybridized carbons (Fsp3) is 0.391. The lowest BCUT2D eigenvalue weighted by molar-refractivity contribution is -0.132. The van der Waals surface area contributed by atoms with E-state index in [1.807, 2.05) is 29.2 Å². The standard InChI is InChI=1S/C23H28FN3O3/c1-17-4-7-19(14-21(17)24)23(29)27-12-10-26(11-13-27)16-22(28)25(2)15-18-5-8-20(30-3)9-6-18/h4-9,14H,10-13,15-16H2,1-3H3. The first-order chi connectivity index (χ1) is 14.4. The third-order valence-electron chi connectivity index (χ3n) is 5.44. The van der Waals surface area contributed by atoms with Crippen molar-refractivity contribution >= 4 is 11.8 Å². The highest BCUT2D eigenvalue weighted by Crippen LogP contribution is 2.15. The topological polar surface area (TPSA) is 53.1 Å². The highest BCUT2D eigenvalue weighted by atomic mass is 19.1. The number of benzene rings is 2. The molecule has 1 aliphatic heterocycles. The summed E-state index contributed by atoms with van der Waals surface area (Å²) in [6.07, 6.45) is 0. The van der Waals surface area contributed by atoms with Gasteiger partial charge < -0.3 is 14.5 Å². The highest BCUT2D eigenvalue weighted by molar-refractivity contribution is 5.94. The van der Waals surface area contributed by atoms with Gasteiger partial charge in [0.25, 0.3) is 5.91 Å². The second-order valence-electron chi connectivity index (χ2n) is 7.63. The molecule has 160 valence electrons. The van der Waals surface area contributed by atoms with Gasteiger partial charge in [-0.3, -0.25) is 14.5 Å². The van der Waals surface area contributed by atoms with E-state index in [1.54, 1.807) is 43.0 Å². The summed E-state index contributed by atoms with van der Waals surface area (Å²) in [5.74, 6) is 0.279. The molecular weight excluding hydrogens is 385 g/mol. The van der Waals surface area contributed by atoms with E-state index in [2.05, 4.69) is 0 Å². The number of likely N-dealkylation sites (N-methyl/N-ethyl adjacent to an activating group) is 1. The summed E-state index contributed by atoms with van der Waals surface area (Å²) < 4.78 is 18.9. The maximum Gasteiger partial charge on any atom is 0.254 e. The van der Waals surface area contributed by atoms with E-state index in [4.69, 9.17) is 4.74 Å². The Hall–Kier alpha value is -2.93. The molecule has 0 unspecified atom stereocenters. The molecule has 1 aliphatic rings. The number of aryl methyl sites for hydroxylation is 1. The maximum absolute atomic E-state index is 13.8. The molecule has 0 bridgehead atoms. The van der Waals surface area contributed by atoms with Crippen molar-refractivity contribution in [3.05, 3.63) is 65.0 Å². The molecule has 1 fully saturated rings. The van der Waals surface area contributed by atoms with Crippen molar-refractivity contribution in [1.82, 2.24) is 14.7 Å². The third kappa shape index (κ3) is 5.36. The number of carbonyl (C=O) groups is 2. The number of halogens is 1. The van der Waals surface area contributed by atoms with Crippen LogP contribution in [0.3, 0.4) is 0 Å². The summed E-state index contributed by atoms with van der Waals surface area (Å²) in [4.78, 5) is 30.7. The minimum Gasteiger partial charge on any atom is -0.497 e. The van der Waals surface area contributed by atoms with Crippen molar-refractivity contribution in [3.63, 3.8) is 0 Å². The number of hydrogen-bond acceptors (Lipinski definition) is 4. The molecular formula is C23H28FN3O3. The van der Waals surface area contributed by atoms with Crippen LogP contribution in [-0.4, -0.2) is 73.4 Å². The second-order valence-corrected chi connectivity index (χ2v) is 7.63. The molecule has 3 rings (SSSR count). The van der Waals surface area contributed by atoms with E-state index >= 15 is 0 Å². The zero-order valence-corrected chi connectivity index (χ0v) is 17.7. The lowest BCUT2D eigenvalue weighted by Crippen LogP contribution is -2.51. The molecule has 0 saturated carbocycles. The molecule has 30 heavy (non-hydrogen) atoms. The van der Waals surface area contributed by atoms with Crippen molar-refractivity contribution in [1.29, 1.82) is 0 Å². The number of rotatable bonds is 6. The van der Waals surface area contributed by atoms with Crippen LogP contribution in [0.25, 0.3) is 0 Å². The van der Waals surface area contributed by atoms with Gasteiger partial charge in [0.05, 0.1) is 13.7 Å². The van der Waals surface area contributed by atoms with E-state index in [-0.39, 0.29) is 17.6 Å². The highest BCUT2D eigenvalue weighted by Gasteiger charge is 2.24. The van der Waals surface area contributed by atoms with Crippen LogP contribution in [0.2, 0.25) is 0 Å². The summed E-state index contributed by atoms with van der Waals surface area (Å²) in [5.41, 5.74) is 1.92. The van der Waals surface area contributed by atoms with Gasteiger partial charge in [-0.05, 0) is 42.3 Å². The molecule has 1 saturated heterocycles. The number of methoxy groups -OCH3 is 1. The molecule has 0 aromatic heterocycles. The predicted octanol–water partition coefficient (Wildman–Crippen LogP) is 2.56. The molecule has 0 atom stereocenters. The summed E-state index contributed by atoms with van der Waals surface area (Å²) in [7, 11) is 3.41. The van der Waals surface area contributed by atoms with Crippen molar-refractivity contribution in [2.24, 2.45) is 0 Å². The Morgan fingerprint density at radius 3 is 2.33 bits per heavy atom. The van der Waals surface area contributed by atoms with E-state index in [0.29, 0.717) is 50.4 Å². The van der Waals surface area contributed by atoms with Crippen molar-refractivity contribution in [2.45, 2.75) is 13.5 Å². The number of hydrogen-bond donors (Lipinski definition) is 0. The minimum atomic E-state index is -0.370.